The molecule has 0 amide bonds. The zero-order valence-electron chi connectivity index (χ0n) is 11.6. The lowest BCUT2D eigenvalue weighted by molar-refractivity contribution is 0.199. The topological polar surface area (TPSA) is 63.6 Å². The molecule has 6 heteroatoms. The summed E-state index contributed by atoms with van der Waals surface area (Å²) in [4.78, 5) is 0.187. The molecule has 0 aliphatic rings. The van der Waals surface area contributed by atoms with Crippen LogP contribution in [0.5, 0.6) is 11.5 Å². The lowest BCUT2D eigenvalue weighted by Crippen LogP contribution is -1.97. The maximum Gasteiger partial charge on any atom is 0.175 e. The van der Waals surface area contributed by atoms with Gasteiger partial charge in [-0.25, -0.2) is 8.42 Å². The highest BCUT2D eigenvalue weighted by Gasteiger charge is 2.10. The molecule has 0 aliphatic heterocycles. The molecule has 0 spiro atoms. The van der Waals surface area contributed by atoms with Gasteiger partial charge in [0.1, 0.15) is 11.5 Å². The van der Waals surface area contributed by atoms with Gasteiger partial charge in [0.15, 0.2) is 9.84 Å². The van der Waals surface area contributed by atoms with E-state index in [4.69, 9.17) is 16.3 Å². The maximum atomic E-state index is 11.5. The van der Waals surface area contributed by atoms with E-state index in [9.17, 15) is 13.5 Å². The van der Waals surface area contributed by atoms with Gasteiger partial charge in [-0.05, 0) is 42.8 Å². The average Bonchev–Trinajstić information content (AvgIpc) is 2.37. The third-order valence-electron chi connectivity index (χ3n) is 2.89. The van der Waals surface area contributed by atoms with Crippen molar-refractivity contribution in [3.63, 3.8) is 0 Å². The van der Waals surface area contributed by atoms with Gasteiger partial charge in [-0.3, -0.25) is 0 Å². The van der Waals surface area contributed by atoms with Gasteiger partial charge >= 0.3 is 0 Å². The van der Waals surface area contributed by atoms with E-state index in [-0.39, 0.29) is 4.90 Å². The van der Waals surface area contributed by atoms with E-state index < -0.39 is 15.9 Å². The summed E-state index contributed by atoms with van der Waals surface area (Å²) in [6.07, 6.45) is 0.473. The Bertz CT molecular complexity index is 754. The second kappa shape index (κ2) is 6.05. The van der Waals surface area contributed by atoms with E-state index in [2.05, 4.69) is 0 Å². The smallest absolute Gasteiger partial charge is 0.175 e. The number of aliphatic hydroxyl groups is 1. The van der Waals surface area contributed by atoms with Crippen LogP contribution >= 0.6 is 11.6 Å². The largest absolute Gasteiger partial charge is 0.457 e. The molecule has 21 heavy (non-hydrogen) atoms. The monoisotopic (exact) mass is 326 g/mol. The fourth-order valence-electron chi connectivity index (χ4n) is 1.81. The third kappa shape index (κ3) is 3.97. The van der Waals surface area contributed by atoms with Gasteiger partial charge in [0.25, 0.3) is 0 Å². The van der Waals surface area contributed by atoms with Crippen LogP contribution in [0.15, 0.2) is 47.4 Å². The summed E-state index contributed by atoms with van der Waals surface area (Å²) in [6.45, 7) is 1.62. The lowest BCUT2D eigenvalue weighted by atomic mass is 10.1. The van der Waals surface area contributed by atoms with Gasteiger partial charge in [-0.15, -0.1) is 0 Å². The van der Waals surface area contributed by atoms with Crippen LogP contribution in [0.25, 0.3) is 0 Å². The summed E-state index contributed by atoms with van der Waals surface area (Å²) >= 11 is 6.06. The van der Waals surface area contributed by atoms with Crippen molar-refractivity contribution >= 4 is 21.4 Å². The fraction of sp³-hybridized carbons (Fsp3) is 0.200. The third-order valence-corrected chi connectivity index (χ3v) is 4.33. The van der Waals surface area contributed by atoms with Crippen molar-refractivity contribution in [3.8, 4) is 11.5 Å². The molecule has 0 radical (unpaired) electrons. The summed E-state index contributed by atoms with van der Waals surface area (Å²) in [5.74, 6) is 0.869. The highest BCUT2D eigenvalue weighted by molar-refractivity contribution is 7.90. The van der Waals surface area contributed by atoms with Gasteiger partial charge in [0.05, 0.1) is 16.0 Å². The van der Waals surface area contributed by atoms with Gasteiger partial charge in [-0.1, -0.05) is 23.7 Å². The number of hydrogen-bond donors (Lipinski definition) is 1. The second-order valence-electron chi connectivity index (χ2n) is 4.71. The fourth-order valence-corrected chi connectivity index (χ4v) is 2.80. The zero-order chi connectivity index (χ0) is 15.6. The number of rotatable bonds is 4. The molecule has 1 atom stereocenters. The van der Waals surface area contributed by atoms with Crippen molar-refractivity contribution in [2.24, 2.45) is 0 Å². The number of ether oxygens (including phenoxy) is 1. The molecule has 2 aromatic rings. The van der Waals surface area contributed by atoms with Gasteiger partial charge < -0.3 is 9.84 Å². The molecule has 0 aliphatic carbocycles. The molecule has 1 unspecified atom stereocenters. The lowest BCUT2D eigenvalue weighted by Gasteiger charge is -2.11. The standard InChI is InChI=1S/C15H15ClO4S/c1-10(17)14-7-6-12(9-15(14)16)20-11-4-3-5-13(8-11)21(2,18)19/h3-10,17H,1-2H3. The Morgan fingerprint density at radius 3 is 2.38 bits per heavy atom. The molecule has 4 nitrogen and oxygen atoms in total. The van der Waals surface area contributed by atoms with Crippen LogP contribution < -0.4 is 4.74 Å². The zero-order valence-corrected chi connectivity index (χ0v) is 13.1. The number of aliphatic hydroxyl groups excluding tert-OH is 1. The summed E-state index contributed by atoms with van der Waals surface area (Å²) in [6, 6.07) is 11.1. The number of sulfone groups is 1. The molecule has 0 fully saturated rings. The van der Waals surface area contributed by atoms with Crippen LogP contribution in [0.4, 0.5) is 0 Å². The summed E-state index contributed by atoms with van der Waals surface area (Å²) < 4.78 is 28.6. The van der Waals surface area contributed by atoms with Crippen LogP contribution in [-0.2, 0) is 9.84 Å². The summed E-state index contributed by atoms with van der Waals surface area (Å²) in [5.41, 5.74) is 0.605. The predicted octanol–water partition coefficient (Wildman–Crippen LogP) is 3.59. The second-order valence-corrected chi connectivity index (χ2v) is 7.13. The van der Waals surface area contributed by atoms with Crippen LogP contribution in [0.1, 0.15) is 18.6 Å². The van der Waals surface area contributed by atoms with E-state index in [1.807, 2.05) is 0 Å². The number of halogens is 1. The highest BCUT2D eigenvalue weighted by atomic mass is 35.5. The van der Waals surface area contributed by atoms with Gasteiger partial charge in [0, 0.05) is 6.26 Å². The van der Waals surface area contributed by atoms with E-state index in [0.29, 0.717) is 22.1 Å². The van der Waals surface area contributed by atoms with E-state index in [0.717, 1.165) is 6.26 Å². The molecule has 0 saturated carbocycles. The first-order valence-electron chi connectivity index (χ1n) is 6.23. The number of hydrogen-bond acceptors (Lipinski definition) is 4. The summed E-state index contributed by atoms with van der Waals surface area (Å²) in [7, 11) is -3.28. The predicted molar refractivity (Wildman–Crippen MR) is 81.7 cm³/mol. The molecule has 0 saturated heterocycles. The van der Waals surface area contributed by atoms with Crippen molar-refractivity contribution in [1.82, 2.24) is 0 Å². The average molecular weight is 327 g/mol. The minimum atomic E-state index is -3.28. The molecule has 0 bridgehead atoms. The van der Waals surface area contributed by atoms with Crippen LogP contribution in [-0.4, -0.2) is 19.8 Å². The molecule has 2 aromatic carbocycles. The Balaban J connectivity index is 2.29. The van der Waals surface area contributed by atoms with Crippen molar-refractivity contribution in [2.45, 2.75) is 17.9 Å². The molecule has 112 valence electrons. The minimum absolute atomic E-state index is 0.187. The van der Waals surface area contributed by atoms with Crippen molar-refractivity contribution < 1.29 is 18.3 Å². The van der Waals surface area contributed by atoms with Gasteiger partial charge in [0.2, 0.25) is 0 Å². The molecule has 0 heterocycles. The van der Waals surface area contributed by atoms with Crippen LogP contribution in [0.3, 0.4) is 0 Å². The molecule has 0 aromatic heterocycles. The SMILES string of the molecule is CC(O)c1ccc(Oc2cccc(S(C)(=O)=O)c2)cc1Cl. The van der Waals surface area contributed by atoms with Crippen molar-refractivity contribution in [1.29, 1.82) is 0 Å². The maximum absolute atomic E-state index is 11.5. The Hall–Kier alpha value is -1.56. The first kappa shape index (κ1) is 15.8. The molecule has 1 N–H and O–H groups in total. The van der Waals surface area contributed by atoms with Crippen molar-refractivity contribution in [2.75, 3.05) is 6.26 Å². The minimum Gasteiger partial charge on any atom is -0.457 e. The van der Waals surface area contributed by atoms with E-state index in [1.54, 1.807) is 37.3 Å². The molecular weight excluding hydrogens is 312 g/mol. The van der Waals surface area contributed by atoms with Crippen LogP contribution in [0.2, 0.25) is 5.02 Å². The summed E-state index contributed by atoms with van der Waals surface area (Å²) in [5, 5.41) is 9.91. The normalized spacial score (nSPS) is 13.0. The molecule has 2 rings (SSSR count). The first-order valence-corrected chi connectivity index (χ1v) is 8.50. The Kier molecular flexibility index (Phi) is 4.56. The van der Waals surface area contributed by atoms with E-state index >= 15 is 0 Å². The Morgan fingerprint density at radius 2 is 1.81 bits per heavy atom. The van der Waals surface area contributed by atoms with Gasteiger partial charge in [-0.2, -0.15) is 0 Å². The molecular formula is C15H15ClO4S. The highest BCUT2D eigenvalue weighted by Crippen LogP contribution is 2.30. The first-order chi connectivity index (χ1) is 9.77. The quantitative estimate of drug-likeness (QED) is 0.932. The number of benzene rings is 2. The van der Waals surface area contributed by atoms with Crippen LogP contribution in [0, 0.1) is 0 Å². The Labute approximate surface area is 128 Å². The van der Waals surface area contributed by atoms with Crippen molar-refractivity contribution in [3.05, 3.63) is 53.1 Å². The van der Waals surface area contributed by atoms with E-state index in [1.165, 1.54) is 12.1 Å². The Morgan fingerprint density at radius 1 is 1.14 bits per heavy atom.